The van der Waals surface area contributed by atoms with E-state index in [4.69, 9.17) is 18.9 Å². The van der Waals surface area contributed by atoms with Crippen LogP contribution in [0.5, 0.6) is 23.0 Å². The molecule has 0 fully saturated rings. The maximum absolute atomic E-state index is 12.6. The summed E-state index contributed by atoms with van der Waals surface area (Å²) in [6.45, 7) is 2.99. The number of unbranched alkanes of at least 4 members (excludes halogenated alkanes) is 7. The highest BCUT2D eigenvalue weighted by molar-refractivity contribution is 7.18. The standard InChI is InChI=1S/C34H39N3O5S/c1-4-5-6-7-8-9-10-11-22-41-29-19-13-26(14-20-29)32-36-37-34(43-32)35-24-25-12-21-30(31(23-25)40-3)42-33(38)27-15-17-28(39-2)18-16-27/h12-21,23-24H,4-11,22H2,1-3H3/b35-24+. The van der Waals surface area contributed by atoms with Crippen LogP contribution in [-0.4, -0.2) is 43.2 Å². The molecule has 4 aromatic rings. The van der Waals surface area contributed by atoms with Gasteiger partial charge in [-0.1, -0.05) is 63.2 Å². The number of nitrogens with zero attached hydrogens (tertiary/aromatic N) is 3. The van der Waals surface area contributed by atoms with Crippen LogP contribution in [0.3, 0.4) is 0 Å². The Kier molecular flexibility index (Phi) is 12.5. The molecule has 0 unspecified atom stereocenters. The third kappa shape index (κ3) is 9.92. The average molecular weight is 602 g/mol. The molecule has 0 saturated heterocycles. The van der Waals surface area contributed by atoms with Gasteiger partial charge >= 0.3 is 5.97 Å². The molecule has 0 amide bonds. The highest BCUT2D eigenvalue weighted by Crippen LogP contribution is 2.31. The number of methoxy groups -OCH3 is 2. The second kappa shape index (κ2) is 17.0. The second-order valence-electron chi connectivity index (χ2n) is 10.0. The second-order valence-corrected chi connectivity index (χ2v) is 11.0. The molecule has 0 bridgehead atoms. The van der Waals surface area contributed by atoms with Gasteiger partial charge in [-0.2, -0.15) is 0 Å². The number of aromatic nitrogens is 2. The molecule has 0 aliphatic rings. The predicted octanol–water partition coefficient (Wildman–Crippen LogP) is 8.71. The predicted molar refractivity (Wildman–Crippen MR) is 172 cm³/mol. The van der Waals surface area contributed by atoms with E-state index in [-0.39, 0.29) is 0 Å². The first-order chi connectivity index (χ1) is 21.1. The summed E-state index contributed by atoms with van der Waals surface area (Å²) in [5.41, 5.74) is 2.13. The number of hydrogen-bond donors (Lipinski definition) is 0. The van der Waals surface area contributed by atoms with Crippen LogP contribution >= 0.6 is 11.3 Å². The van der Waals surface area contributed by atoms with E-state index in [1.54, 1.807) is 55.8 Å². The summed E-state index contributed by atoms with van der Waals surface area (Å²) in [6, 6.07) is 19.8. The SMILES string of the molecule is CCCCCCCCCCOc1ccc(-c2nnc(/N=C/c3ccc(OC(=O)c4ccc(OC)cc4)c(OC)c3)s2)cc1. The van der Waals surface area contributed by atoms with E-state index in [1.807, 2.05) is 24.3 Å². The topological polar surface area (TPSA) is 92.1 Å². The van der Waals surface area contributed by atoms with Crippen molar-refractivity contribution in [1.29, 1.82) is 0 Å². The largest absolute Gasteiger partial charge is 0.497 e. The lowest BCUT2D eigenvalue weighted by molar-refractivity contribution is 0.0729. The number of esters is 1. The summed E-state index contributed by atoms with van der Waals surface area (Å²) in [5, 5.41) is 9.81. The van der Waals surface area contributed by atoms with Gasteiger partial charge < -0.3 is 18.9 Å². The number of carbonyl (C=O) groups excluding carboxylic acids is 1. The number of hydrogen-bond acceptors (Lipinski definition) is 9. The van der Waals surface area contributed by atoms with Gasteiger partial charge in [0, 0.05) is 11.8 Å². The van der Waals surface area contributed by atoms with Crippen molar-refractivity contribution in [3.05, 3.63) is 77.9 Å². The first-order valence-electron chi connectivity index (χ1n) is 14.7. The Morgan fingerprint density at radius 2 is 1.49 bits per heavy atom. The summed E-state index contributed by atoms with van der Waals surface area (Å²) in [4.78, 5) is 17.0. The van der Waals surface area contributed by atoms with Gasteiger partial charge in [0.25, 0.3) is 0 Å². The maximum Gasteiger partial charge on any atom is 0.343 e. The molecule has 8 nitrogen and oxygen atoms in total. The maximum atomic E-state index is 12.6. The Morgan fingerprint density at radius 3 is 2.19 bits per heavy atom. The van der Waals surface area contributed by atoms with Crippen LogP contribution in [0.4, 0.5) is 5.13 Å². The van der Waals surface area contributed by atoms with Crippen molar-refractivity contribution in [1.82, 2.24) is 10.2 Å². The van der Waals surface area contributed by atoms with Crippen LogP contribution in [-0.2, 0) is 0 Å². The first-order valence-corrected chi connectivity index (χ1v) is 15.6. The molecule has 0 saturated carbocycles. The van der Waals surface area contributed by atoms with Crippen LogP contribution in [0.15, 0.2) is 71.7 Å². The van der Waals surface area contributed by atoms with Gasteiger partial charge in [0.15, 0.2) is 11.5 Å². The van der Waals surface area contributed by atoms with Crippen molar-refractivity contribution in [2.45, 2.75) is 58.3 Å². The molecule has 9 heteroatoms. The molecule has 0 atom stereocenters. The molecule has 226 valence electrons. The highest BCUT2D eigenvalue weighted by Gasteiger charge is 2.13. The van der Waals surface area contributed by atoms with Gasteiger partial charge in [-0.3, -0.25) is 0 Å². The van der Waals surface area contributed by atoms with Gasteiger partial charge in [-0.05, 0) is 78.7 Å². The monoisotopic (exact) mass is 601 g/mol. The van der Waals surface area contributed by atoms with Crippen molar-refractivity contribution in [2.24, 2.45) is 4.99 Å². The Hall–Kier alpha value is -4.24. The lowest BCUT2D eigenvalue weighted by Crippen LogP contribution is -2.09. The molecule has 0 radical (unpaired) electrons. The average Bonchev–Trinajstić information content (AvgIpc) is 3.53. The summed E-state index contributed by atoms with van der Waals surface area (Å²) >= 11 is 1.40. The van der Waals surface area contributed by atoms with Gasteiger partial charge in [0.1, 0.15) is 16.5 Å². The number of benzene rings is 3. The van der Waals surface area contributed by atoms with Gasteiger partial charge in [-0.25, -0.2) is 9.79 Å². The molecule has 43 heavy (non-hydrogen) atoms. The van der Waals surface area contributed by atoms with E-state index >= 15 is 0 Å². The number of aliphatic imine (C=N–C) groups is 1. The molecule has 4 rings (SSSR count). The van der Waals surface area contributed by atoms with Crippen LogP contribution < -0.4 is 18.9 Å². The molecule has 0 aliphatic heterocycles. The molecule has 1 aromatic heterocycles. The molecular formula is C34H39N3O5S. The van der Waals surface area contributed by atoms with Gasteiger partial charge in [0.2, 0.25) is 5.13 Å². The summed E-state index contributed by atoms with van der Waals surface area (Å²) in [6.07, 6.45) is 11.9. The zero-order valence-corrected chi connectivity index (χ0v) is 25.9. The molecular weight excluding hydrogens is 562 g/mol. The fourth-order valence-electron chi connectivity index (χ4n) is 4.37. The van der Waals surface area contributed by atoms with Crippen molar-refractivity contribution in [2.75, 3.05) is 20.8 Å². The third-order valence-corrected chi connectivity index (χ3v) is 7.70. The van der Waals surface area contributed by atoms with Crippen molar-refractivity contribution in [3.8, 4) is 33.6 Å². The first kappa shape index (κ1) is 31.7. The fraction of sp³-hybridized carbons (Fsp3) is 0.353. The molecule has 3 aromatic carbocycles. The van der Waals surface area contributed by atoms with Gasteiger partial charge in [-0.15, -0.1) is 10.2 Å². The quantitative estimate of drug-likeness (QED) is 0.0517. The normalized spacial score (nSPS) is 11.0. The van der Waals surface area contributed by atoms with Crippen LogP contribution in [0.1, 0.15) is 74.2 Å². The van der Waals surface area contributed by atoms with E-state index in [2.05, 4.69) is 22.1 Å². The van der Waals surface area contributed by atoms with Gasteiger partial charge in [0.05, 0.1) is 26.4 Å². The van der Waals surface area contributed by atoms with Crippen molar-refractivity contribution in [3.63, 3.8) is 0 Å². The lowest BCUT2D eigenvalue weighted by atomic mass is 10.1. The lowest BCUT2D eigenvalue weighted by Gasteiger charge is -2.10. The molecule has 0 N–H and O–H groups in total. The number of ether oxygens (including phenoxy) is 4. The van der Waals surface area contributed by atoms with Crippen molar-refractivity contribution < 1.29 is 23.7 Å². The fourth-order valence-corrected chi connectivity index (χ4v) is 5.06. The minimum atomic E-state index is -0.494. The van der Waals surface area contributed by atoms with Crippen LogP contribution in [0.2, 0.25) is 0 Å². The zero-order chi connectivity index (χ0) is 30.3. The summed E-state index contributed by atoms with van der Waals surface area (Å²) < 4.78 is 22.0. The Morgan fingerprint density at radius 1 is 0.791 bits per heavy atom. The summed E-state index contributed by atoms with van der Waals surface area (Å²) in [5.74, 6) is 1.75. The molecule has 0 spiro atoms. The Balaban J connectivity index is 1.27. The van der Waals surface area contributed by atoms with Crippen LogP contribution in [0, 0.1) is 0 Å². The minimum Gasteiger partial charge on any atom is -0.497 e. The van der Waals surface area contributed by atoms with E-state index < -0.39 is 5.97 Å². The summed E-state index contributed by atoms with van der Waals surface area (Å²) in [7, 11) is 3.09. The Bertz CT molecular complexity index is 1450. The number of carbonyl (C=O) groups is 1. The molecule has 1 heterocycles. The van der Waals surface area contributed by atoms with E-state index in [9.17, 15) is 4.79 Å². The number of rotatable bonds is 17. The third-order valence-electron chi connectivity index (χ3n) is 6.82. The van der Waals surface area contributed by atoms with E-state index in [1.165, 1.54) is 63.4 Å². The van der Waals surface area contributed by atoms with E-state index in [0.29, 0.717) is 27.9 Å². The Labute approximate surface area is 257 Å². The van der Waals surface area contributed by atoms with Crippen LogP contribution in [0.25, 0.3) is 10.6 Å². The van der Waals surface area contributed by atoms with Crippen molar-refractivity contribution >= 4 is 28.7 Å². The molecule has 0 aliphatic carbocycles. The smallest absolute Gasteiger partial charge is 0.343 e. The minimum absolute atomic E-state index is 0.309. The van der Waals surface area contributed by atoms with E-state index in [0.717, 1.165) is 34.9 Å². The highest BCUT2D eigenvalue weighted by atomic mass is 32.1. The zero-order valence-electron chi connectivity index (χ0n) is 25.1.